The molecule has 0 spiro atoms. The van der Waals surface area contributed by atoms with Crippen molar-refractivity contribution in [3.63, 3.8) is 0 Å². The van der Waals surface area contributed by atoms with Crippen molar-refractivity contribution in [2.45, 2.75) is 71.9 Å². The number of fused-ring (bicyclic) bond motifs is 3. The number of carbonyl (C=O) groups is 1. The first-order chi connectivity index (χ1) is 13.1. The summed E-state index contributed by atoms with van der Waals surface area (Å²) >= 11 is 1.43. The van der Waals surface area contributed by atoms with Crippen molar-refractivity contribution in [1.82, 2.24) is 14.5 Å². The maximum atomic E-state index is 13.2. The zero-order valence-electron chi connectivity index (χ0n) is 16.7. The van der Waals surface area contributed by atoms with Crippen molar-refractivity contribution in [1.29, 1.82) is 0 Å². The molecule has 28 heavy (non-hydrogen) atoms. The fourth-order valence-corrected chi connectivity index (χ4v) is 4.67. The summed E-state index contributed by atoms with van der Waals surface area (Å²) < 4.78 is 8.46. The van der Waals surface area contributed by atoms with E-state index in [1.54, 1.807) is 11.5 Å². The molecule has 1 aliphatic rings. The van der Waals surface area contributed by atoms with E-state index in [9.17, 15) is 19.5 Å². The average Bonchev–Trinajstić information content (AvgIpc) is 2.97. The molecule has 0 aromatic carbocycles. The molecule has 9 heteroatoms. The van der Waals surface area contributed by atoms with Crippen LogP contribution in [0, 0.1) is 0 Å². The van der Waals surface area contributed by atoms with Gasteiger partial charge in [-0.25, -0.2) is 4.79 Å². The SMILES string of the molecule is CCCn1c(=O)n(CC(=O)NC[C@@H](C)O)c(=O)c2c3c(sc21)COC(C)(C)C3. The van der Waals surface area contributed by atoms with Crippen LogP contribution in [0.3, 0.4) is 0 Å². The van der Waals surface area contributed by atoms with E-state index >= 15 is 0 Å². The number of hydrogen-bond acceptors (Lipinski definition) is 6. The lowest BCUT2D eigenvalue weighted by Crippen LogP contribution is -2.44. The monoisotopic (exact) mass is 409 g/mol. The van der Waals surface area contributed by atoms with Gasteiger partial charge in [0, 0.05) is 24.4 Å². The number of amides is 1. The van der Waals surface area contributed by atoms with Gasteiger partial charge in [-0.1, -0.05) is 6.92 Å². The number of thiophene rings is 1. The van der Waals surface area contributed by atoms with Crippen LogP contribution in [0.1, 0.15) is 44.6 Å². The van der Waals surface area contributed by atoms with E-state index < -0.39 is 28.9 Å². The Kier molecular flexibility index (Phi) is 5.79. The number of rotatable bonds is 6. The van der Waals surface area contributed by atoms with Gasteiger partial charge in [0.15, 0.2) is 0 Å². The second-order valence-electron chi connectivity index (χ2n) is 7.89. The molecular weight excluding hydrogens is 382 g/mol. The van der Waals surface area contributed by atoms with Crippen LogP contribution in [-0.2, 0) is 35.6 Å². The maximum absolute atomic E-state index is 13.2. The summed E-state index contributed by atoms with van der Waals surface area (Å²) in [6, 6.07) is 0. The number of nitrogens with zero attached hydrogens (tertiary/aromatic N) is 2. The number of hydrogen-bond donors (Lipinski definition) is 2. The lowest BCUT2D eigenvalue weighted by atomic mass is 9.94. The van der Waals surface area contributed by atoms with Gasteiger partial charge in [-0.3, -0.25) is 18.7 Å². The molecule has 2 aromatic heterocycles. The van der Waals surface area contributed by atoms with Crippen molar-refractivity contribution in [3.05, 3.63) is 31.3 Å². The third-order valence-electron chi connectivity index (χ3n) is 4.78. The summed E-state index contributed by atoms with van der Waals surface area (Å²) in [6.07, 6.45) is 0.605. The predicted molar refractivity (Wildman–Crippen MR) is 108 cm³/mol. The smallest absolute Gasteiger partial charge is 0.332 e. The van der Waals surface area contributed by atoms with E-state index in [1.165, 1.54) is 11.3 Å². The Bertz CT molecular complexity index is 1020. The fraction of sp³-hybridized carbons (Fsp3) is 0.632. The van der Waals surface area contributed by atoms with E-state index in [0.717, 1.165) is 21.4 Å². The Balaban J connectivity index is 2.15. The highest BCUT2D eigenvalue weighted by Gasteiger charge is 2.32. The summed E-state index contributed by atoms with van der Waals surface area (Å²) in [7, 11) is 0. The van der Waals surface area contributed by atoms with Crippen LogP contribution < -0.4 is 16.6 Å². The Labute approximate surface area is 166 Å². The first-order valence-corrected chi connectivity index (χ1v) is 10.3. The molecule has 3 heterocycles. The molecule has 8 nitrogen and oxygen atoms in total. The van der Waals surface area contributed by atoms with Gasteiger partial charge in [-0.05, 0) is 32.8 Å². The molecule has 154 valence electrons. The van der Waals surface area contributed by atoms with Crippen LogP contribution in [0.15, 0.2) is 9.59 Å². The van der Waals surface area contributed by atoms with Crippen molar-refractivity contribution in [2.24, 2.45) is 0 Å². The fourth-order valence-electron chi connectivity index (χ4n) is 3.43. The molecule has 1 aliphatic heterocycles. The second kappa shape index (κ2) is 7.81. The Morgan fingerprint density at radius 1 is 1.36 bits per heavy atom. The van der Waals surface area contributed by atoms with E-state index in [2.05, 4.69) is 5.32 Å². The molecular formula is C19H27N3O5S. The molecule has 1 atom stereocenters. The van der Waals surface area contributed by atoms with Gasteiger partial charge >= 0.3 is 5.69 Å². The summed E-state index contributed by atoms with van der Waals surface area (Å²) in [5.74, 6) is -0.477. The third kappa shape index (κ3) is 3.92. The van der Waals surface area contributed by atoms with Crippen molar-refractivity contribution in [3.8, 4) is 0 Å². The topological polar surface area (TPSA) is 103 Å². The summed E-state index contributed by atoms with van der Waals surface area (Å²) in [4.78, 5) is 40.0. The molecule has 3 rings (SSSR count). The number of nitrogens with one attached hydrogen (secondary N) is 1. The molecule has 0 radical (unpaired) electrons. The Morgan fingerprint density at radius 3 is 2.71 bits per heavy atom. The van der Waals surface area contributed by atoms with Gasteiger partial charge in [0.2, 0.25) is 5.91 Å². The lowest BCUT2D eigenvalue weighted by Gasteiger charge is -2.29. The van der Waals surface area contributed by atoms with E-state index in [1.807, 2.05) is 20.8 Å². The summed E-state index contributed by atoms with van der Waals surface area (Å²) in [5.41, 5.74) is -0.386. The quantitative estimate of drug-likeness (QED) is 0.741. The Morgan fingerprint density at radius 2 is 2.07 bits per heavy atom. The van der Waals surface area contributed by atoms with Gasteiger partial charge < -0.3 is 15.2 Å². The standard InChI is InChI=1S/C19H27N3O5S/c1-5-6-21-17-15(12-7-19(3,4)27-10-13(12)28-17)16(25)22(18(21)26)9-14(24)20-8-11(2)23/h11,23H,5-10H2,1-4H3,(H,20,24)/t11-/m1/s1. The highest BCUT2D eigenvalue weighted by Crippen LogP contribution is 2.37. The number of aliphatic hydroxyl groups excluding tert-OH is 1. The van der Waals surface area contributed by atoms with Crippen LogP contribution >= 0.6 is 11.3 Å². The largest absolute Gasteiger partial charge is 0.392 e. The zero-order chi connectivity index (χ0) is 20.6. The molecule has 0 saturated heterocycles. The van der Waals surface area contributed by atoms with Crippen molar-refractivity contribution >= 4 is 27.5 Å². The van der Waals surface area contributed by atoms with Gasteiger partial charge in [0.25, 0.3) is 5.56 Å². The highest BCUT2D eigenvalue weighted by molar-refractivity contribution is 7.18. The lowest BCUT2D eigenvalue weighted by molar-refractivity contribution is -0.122. The molecule has 1 amide bonds. The highest BCUT2D eigenvalue weighted by atomic mass is 32.1. The minimum atomic E-state index is -0.703. The molecule has 0 aliphatic carbocycles. The van der Waals surface area contributed by atoms with Crippen LogP contribution in [0.4, 0.5) is 0 Å². The van der Waals surface area contributed by atoms with Crippen LogP contribution in [-0.4, -0.2) is 38.4 Å². The number of aliphatic hydroxyl groups is 1. The maximum Gasteiger partial charge on any atom is 0.332 e. The third-order valence-corrected chi connectivity index (χ3v) is 6.01. The molecule has 2 aromatic rings. The predicted octanol–water partition coefficient (Wildman–Crippen LogP) is 0.983. The zero-order valence-corrected chi connectivity index (χ0v) is 17.5. The van der Waals surface area contributed by atoms with Crippen molar-refractivity contribution < 1.29 is 14.6 Å². The molecule has 0 bridgehead atoms. The molecule has 0 fully saturated rings. The minimum Gasteiger partial charge on any atom is -0.392 e. The normalized spacial score (nSPS) is 16.8. The number of carbonyl (C=O) groups excluding carboxylic acids is 1. The van der Waals surface area contributed by atoms with Gasteiger partial charge in [0.1, 0.15) is 11.4 Å². The molecule has 0 saturated carbocycles. The summed E-state index contributed by atoms with van der Waals surface area (Å²) in [6.45, 7) is 8.04. The van der Waals surface area contributed by atoms with Gasteiger partial charge in [-0.15, -0.1) is 11.3 Å². The number of aryl methyl sites for hydroxylation is 1. The van der Waals surface area contributed by atoms with E-state index in [4.69, 9.17) is 4.74 Å². The first kappa shape index (κ1) is 20.8. The van der Waals surface area contributed by atoms with Crippen LogP contribution in [0.5, 0.6) is 0 Å². The summed E-state index contributed by atoms with van der Waals surface area (Å²) in [5, 5.41) is 12.4. The van der Waals surface area contributed by atoms with Crippen LogP contribution in [0.2, 0.25) is 0 Å². The number of aromatic nitrogens is 2. The minimum absolute atomic E-state index is 0.0678. The van der Waals surface area contributed by atoms with Gasteiger partial charge in [0.05, 0.1) is 23.7 Å². The second-order valence-corrected chi connectivity index (χ2v) is 8.97. The van der Waals surface area contributed by atoms with Crippen molar-refractivity contribution in [2.75, 3.05) is 6.54 Å². The Hall–Kier alpha value is -1.97. The van der Waals surface area contributed by atoms with E-state index in [-0.39, 0.29) is 13.1 Å². The average molecular weight is 410 g/mol. The molecule has 0 unspecified atom stereocenters. The molecule has 2 N–H and O–H groups in total. The first-order valence-electron chi connectivity index (χ1n) is 9.51. The van der Waals surface area contributed by atoms with Crippen LogP contribution in [0.25, 0.3) is 10.2 Å². The van der Waals surface area contributed by atoms with Gasteiger partial charge in [-0.2, -0.15) is 0 Å². The number of ether oxygens (including phenoxy) is 1. The van der Waals surface area contributed by atoms with E-state index in [0.29, 0.717) is 29.8 Å².